The monoisotopic (exact) mass is 634 g/mol. The molecule has 0 radical (unpaired) electrons. The smallest absolute Gasteiger partial charge is 0.409 e. The molecule has 0 aromatic heterocycles. The predicted octanol–water partition coefficient (Wildman–Crippen LogP) is 5.44. The van der Waals surface area contributed by atoms with E-state index in [0.29, 0.717) is 59.1 Å². The Morgan fingerprint density at radius 1 is 0.638 bits per heavy atom. The van der Waals surface area contributed by atoms with E-state index in [-0.39, 0.29) is 55.9 Å². The molecule has 2 aliphatic rings. The molecule has 0 saturated carbocycles. The van der Waals surface area contributed by atoms with Gasteiger partial charge in [-0.15, -0.1) is 0 Å². The highest BCUT2D eigenvalue weighted by atomic mass is 16.6. The van der Waals surface area contributed by atoms with Crippen LogP contribution in [0.1, 0.15) is 68.6 Å². The van der Waals surface area contributed by atoms with Gasteiger partial charge >= 0.3 is 6.09 Å². The van der Waals surface area contributed by atoms with Crippen molar-refractivity contribution in [2.45, 2.75) is 33.2 Å². The Bertz CT molecular complexity index is 1800. The van der Waals surface area contributed by atoms with Gasteiger partial charge in [-0.05, 0) is 62.2 Å². The van der Waals surface area contributed by atoms with E-state index in [0.717, 1.165) is 10.8 Å². The summed E-state index contributed by atoms with van der Waals surface area (Å²) in [6, 6.07) is 21.9. The van der Waals surface area contributed by atoms with E-state index in [9.17, 15) is 24.0 Å². The predicted molar refractivity (Wildman–Crippen MR) is 179 cm³/mol. The fourth-order valence-electron chi connectivity index (χ4n) is 6.62. The number of nitrogens with zero attached hydrogens (tertiary/aromatic N) is 4. The maximum absolute atomic E-state index is 13.4. The van der Waals surface area contributed by atoms with Crippen molar-refractivity contribution in [1.82, 2.24) is 19.6 Å². The number of ether oxygens (including phenoxy) is 1. The molecule has 0 bridgehead atoms. The van der Waals surface area contributed by atoms with Gasteiger partial charge in [0.15, 0.2) is 0 Å². The maximum Gasteiger partial charge on any atom is 0.409 e. The first-order valence-electron chi connectivity index (χ1n) is 16.1. The van der Waals surface area contributed by atoms with E-state index in [1.807, 2.05) is 50.2 Å². The van der Waals surface area contributed by atoms with Gasteiger partial charge in [0.25, 0.3) is 23.6 Å². The van der Waals surface area contributed by atoms with Crippen molar-refractivity contribution in [1.29, 1.82) is 0 Å². The number of rotatable bonds is 12. The van der Waals surface area contributed by atoms with Crippen molar-refractivity contribution in [2.24, 2.45) is 0 Å². The van der Waals surface area contributed by atoms with E-state index >= 15 is 0 Å². The van der Waals surface area contributed by atoms with Crippen LogP contribution >= 0.6 is 0 Å². The summed E-state index contributed by atoms with van der Waals surface area (Å²) < 4.78 is 5.31. The number of hydrogen-bond donors (Lipinski definition) is 0. The molecule has 0 saturated heterocycles. The molecule has 4 aromatic rings. The van der Waals surface area contributed by atoms with E-state index < -0.39 is 6.09 Å². The molecule has 4 aromatic carbocycles. The minimum atomic E-state index is -0.514. The molecule has 6 rings (SSSR count). The molecule has 2 aliphatic heterocycles. The largest absolute Gasteiger partial charge is 0.450 e. The molecule has 0 N–H and O–H groups in total. The van der Waals surface area contributed by atoms with E-state index in [1.165, 1.54) is 14.7 Å². The lowest BCUT2D eigenvalue weighted by atomic mass is 9.94. The van der Waals surface area contributed by atoms with Crippen LogP contribution in [-0.2, 0) is 4.74 Å². The van der Waals surface area contributed by atoms with Crippen LogP contribution in [0.3, 0.4) is 0 Å². The Labute approximate surface area is 273 Å². The summed E-state index contributed by atoms with van der Waals surface area (Å²) in [6.45, 7) is 7.79. The highest BCUT2D eigenvalue weighted by Gasteiger charge is 2.34. The summed E-state index contributed by atoms with van der Waals surface area (Å²) in [6.07, 6.45) is 0.0609. The topological polar surface area (TPSA) is 108 Å². The van der Waals surface area contributed by atoms with Gasteiger partial charge in [-0.25, -0.2) is 4.79 Å². The van der Waals surface area contributed by atoms with Crippen LogP contribution in [0.15, 0.2) is 72.8 Å². The number of imide groups is 2. The zero-order chi connectivity index (χ0) is 33.2. The summed E-state index contributed by atoms with van der Waals surface area (Å²) >= 11 is 0. The Morgan fingerprint density at radius 3 is 1.47 bits per heavy atom. The Balaban J connectivity index is 1.09. The molecule has 242 valence electrons. The highest BCUT2D eigenvalue weighted by molar-refractivity contribution is 6.26. The second-order valence-corrected chi connectivity index (χ2v) is 12.1. The minimum Gasteiger partial charge on any atom is -0.450 e. The molecule has 0 atom stereocenters. The number of amides is 5. The standard InChI is InChI=1S/C37H38N4O6/c1-4-47-37(46)39(21-23-41-35(44)29-16-7-12-26-13-8-17-30(32(26)29)36(41)45)19-9-18-38(24(2)3)20-22-40-33(42)27-14-5-10-25-11-6-15-28(31(25)27)34(40)43/h5-8,10-17,24H,4,9,18-23H2,1-3H3. The lowest BCUT2D eigenvalue weighted by molar-refractivity contribution is 0.0573. The van der Waals surface area contributed by atoms with Crippen LogP contribution in [0.2, 0.25) is 0 Å². The lowest BCUT2D eigenvalue weighted by Gasteiger charge is -2.32. The molecule has 0 spiro atoms. The van der Waals surface area contributed by atoms with Gasteiger partial charge in [-0.3, -0.25) is 33.9 Å². The SMILES string of the molecule is CCOC(=O)N(CCCN(CCN1C(=O)c2cccc3cccc(c23)C1=O)C(C)C)CCN1C(=O)c2cccc3cccc(c23)C1=O. The van der Waals surface area contributed by atoms with Crippen molar-refractivity contribution >= 4 is 51.3 Å². The third kappa shape index (κ3) is 5.96. The number of carbonyl (C=O) groups is 5. The van der Waals surface area contributed by atoms with Crippen LogP contribution in [0, 0.1) is 0 Å². The first-order chi connectivity index (χ1) is 22.7. The summed E-state index contributed by atoms with van der Waals surface area (Å²) in [4.78, 5) is 72.7. The summed E-state index contributed by atoms with van der Waals surface area (Å²) in [5, 5.41) is 3.06. The van der Waals surface area contributed by atoms with Crippen LogP contribution in [0.5, 0.6) is 0 Å². The Kier molecular flexibility index (Phi) is 9.04. The highest BCUT2D eigenvalue weighted by Crippen LogP contribution is 2.31. The molecule has 0 fully saturated rings. The van der Waals surface area contributed by atoms with Crippen LogP contribution in [0.25, 0.3) is 21.5 Å². The van der Waals surface area contributed by atoms with Crippen molar-refractivity contribution in [3.8, 4) is 0 Å². The van der Waals surface area contributed by atoms with Gasteiger partial charge in [-0.2, -0.15) is 0 Å². The fourth-order valence-corrected chi connectivity index (χ4v) is 6.62. The van der Waals surface area contributed by atoms with Crippen LogP contribution in [0.4, 0.5) is 4.79 Å². The van der Waals surface area contributed by atoms with Gasteiger partial charge in [-0.1, -0.05) is 48.5 Å². The van der Waals surface area contributed by atoms with Crippen molar-refractivity contribution in [2.75, 3.05) is 45.9 Å². The molecule has 10 nitrogen and oxygen atoms in total. The third-order valence-electron chi connectivity index (χ3n) is 9.05. The second kappa shape index (κ2) is 13.3. The van der Waals surface area contributed by atoms with Crippen LogP contribution < -0.4 is 0 Å². The third-order valence-corrected chi connectivity index (χ3v) is 9.05. The zero-order valence-corrected chi connectivity index (χ0v) is 26.9. The molecule has 5 amide bonds. The van der Waals surface area contributed by atoms with E-state index in [4.69, 9.17) is 4.74 Å². The minimum absolute atomic E-state index is 0.0303. The van der Waals surface area contributed by atoms with Crippen molar-refractivity contribution in [3.63, 3.8) is 0 Å². The zero-order valence-electron chi connectivity index (χ0n) is 26.9. The first-order valence-corrected chi connectivity index (χ1v) is 16.1. The van der Waals surface area contributed by atoms with Gasteiger partial charge in [0.05, 0.1) is 6.61 Å². The summed E-state index contributed by atoms with van der Waals surface area (Å²) in [7, 11) is 0. The van der Waals surface area contributed by atoms with Gasteiger partial charge in [0.1, 0.15) is 0 Å². The average molecular weight is 635 g/mol. The summed E-state index contributed by atoms with van der Waals surface area (Å²) in [5.41, 5.74) is 2.01. The fraction of sp³-hybridized carbons (Fsp3) is 0.324. The number of carbonyl (C=O) groups excluding carboxylic acids is 5. The van der Waals surface area contributed by atoms with Crippen molar-refractivity contribution < 1.29 is 28.7 Å². The Morgan fingerprint density at radius 2 is 1.06 bits per heavy atom. The quantitative estimate of drug-likeness (QED) is 0.191. The van der Waals surface area contributed by atoms with Gasteiger partial charge in [0.2, 0.25) is 0 Å². The summed E-state index contributed by atoms with van der Waals surface area (Å²) in [5.74, 6) is -1.35. The van der Waals surface area contributed by atoms with Crippen molar-refractivity contribution in [3.05, 3.63) is 95.1 Å². The lowest BCUT2D eigenvalue weighted by Crippen LogP contribution is -2.47. The second-order valence-electron chi connectivity index (χ2n) is 12.1. The van der Waals surface area contributed by atoms with Gasteiger partial charge in [0, 0.05) is 78.3 Å². The Hall–Kier alpha value is -5.09. The van der Waals surface area contributed by atoms with E-state index in [2.05, 4.69) is 4.90 Å². The number of hydrogen-bond acceptors (Lipinski definition) is 7. The normalized spacial score (nSPS) is 14.2. The van der Waals surface area contributed by atoms with Crippen LogP contribution in [-0.4, -0.2) is 101 Å². The van der Waals surface area contributed by atoms with E-state index in [1.54, 1.807) is 43.3 Å². The molecule has 47 heavy (non-hydrogen) atoms. The number of benzene rings is 4. The molecular weight excluding hydrogens is 596 g/mol. The molecule has 0 aliphatic carbocycles. The maximum atomic E-state index is 13.4. The molecular formula is C37H38N4O6. The first kappa shape index (κ1) is 31.9. The molecule has 0 unspecified atom stereocenters. The molecule has 10 heteroatoms. The van der Waals surface area contributed by atoms with Gasteiger partial charge < -0.3 is 9.64 Å². The average Bonchev–Trinajstić information content (AvgIpc) is 3.07. The molecule has 2 heterocycles.